The normalized spacial score (nSPS) is 19.5. The summed E-state index contributed by atoms with van der Waals surface area (Å²) in [5.41, 5.74) is 0. The van der Waals surface area contributed by atoms with Crippen molar-refractivity contribution in [3.8, 4) is 0 Å². The van der Waals surface area contributed by atoms with Crippen LogP contribution in [0.2, 0.25) is 0 Å². The van der Waals surface area contributed by atoms with Gasteiger partial charge < -0.3 is 14.7 Å². The molecule has 4 nitrogen and oxygen atoms in total. The molecule has 1 aliphatic rings. The summed E-state index contributed by atoms with van der Waals surface area (Å²) in [6, 6.07) is 5.79. The van der Waals surface area contributed by atoms with Gasteiger partial charge in [0, 0.05) is 11.4 Å². The van der Waals surface area contributed by atoms with E-state index in [4.69, 9.17) is 4.74 Å². The van der Waals surface area contributed by atoms with Crippen LogP contribution in [0.15, 0.2) is 29.2 Å². The van der Waals surface area contributed by atoms with Gasteiger partial charge in [0.2, 0.25) is 5.91 Å². The first-order valence-electron chi connectivity index (χ1n) is 6.07. The van der Waals surface area contributed by atoms with Crippen LogP contribution in [0.3, 0.4) is 0 Å². The standard InChI is InChI=1S/C13H16FNO3S/c14-10-1-3-12(4-2-10)19-9-13(17)15-5-6-18-8-11(15)7-16/h1-4,11,16H,5-9H2. The van der Waals surface area contributed by atoms with E-state index in [0.29, 0.717) is 19.8 Å². The fraction of sp³-hybridized carbons (Fsp3) is 0.462. The van der Waals surface area contributed by atoms with E-state index in [0.717, 1.165) is 4.90 Å². The number of aliphatic hydroxyl groups is 1. The molecule has 2 rings (SSSR count). The summed E-state index contributed by atoms with van der Waals surface area (Å²) in [7, 11) is 0. The van der Waals surface area contributed by atoms with E-state index < -0.39 is 0 Å². The Balaban J connectivity index is 1.87. The van der Waals surface area contributed by atoms with Crippen LogP contribution in [0.5, 0.6) is 0 Å². The Morgan fingerprint density at radius 3 is 2.89 bits per heavy atom. The van der Waals surface area contributed by atoms with Crippen LogP contribution in [0.25, 0.3) is 0 Å². The molecule has 1 heterocycles. The number of amides is 1. The Bertz CT molecular complexity index is 426. The lowest BCUT2D eigenvalue weighted by atomic mass is 10.2. The predicted octanol–water partition coefficient (Wildman–Crippen LogP) is 1.14. The van der Waals surface area contributed by atoms with Crippen LogP contribution in [-0.4, -0.2) is 54.1 Å². The highest BCUT2D eigenvalue weighted by atomic mass is 32.2. The number of thioether (sulfide) groups is 1. The van der Waals surface area contributed by atoms with E-state index >= 15 is 0 Å². The van der Waals surface area contributed by atoms with E-state index in [1.165, 1.54) is 23.9 Å². The highest BCUT2D eigenvalue weighted by Crippen LogP contribution is 2.19. The molecule has 1 N–H and O–H groups in total. The lowest BCUT2D eigenvalue weighted by Gasteiger charge is -2.34. The van der Waals surface area contributed by atoms with Gasteiger partial charge in [-0.15, -0.1) is 11.8 Å². The van der Waals surface area contributed by atoms with Gasteiger partial charge in [-0.1, -0.05) is 0 Å². The summed E-state index contributed by atoms with van der Waals surface area (Å²) in [5.74, 6) is -0.0387. The molecule has 1 amide bonds. The second-order valence-corrected chi connectivity index (χ2v) is 5.29. The number of rotatable bonds is 4. The van der Waals surface area contributed by atoms with Crippen molar-refractivity contribution in [2.45, 2.75) is 10.9 Å². The minimum Gasteiger partial charge on any atom is -0.394 e. The van der Waals surface area contributed by atoms with Crippen molar-refractivity contribution in [3.05, 3.63) is 30.1 Å². The summed E-state index contributed by atoms with van der Waals surface area (Å²) in [6.07, 6.45) is 0. The van der Waals surface area contributed by atoms with Crippen molar-refractivity contribution in [3.63, 3.8) is 0 Å². The largest absolute Gasteiger partial charge is 0.394 e. The quantitative estimate of drug-likeness (QED) is 0.843. The molecule has 0 saturated carbocycles. The Morgan fingerprint density at radius 2 is 2.21 bits per heavy atom. The van der Waals surface area contributed by atoms with Crippen molar-refractivity contribution >= 4 is 17.7 Å². The fourth-order valence-corrected chi connectivity index (χ4v) is 2.68. The van der Waals surface area contributed by atoms with Gasteiger partial charge in [-0.25, -0.2) is 4.39 Å². The number of morpholine rings is 1. The zero-order valence-electron chi connectivity index (χ0n) is 10.4. The molecule has 19 heavy (non-hydrogen) atoms. The number of hydrogen-bond acceptors (Lipinski definition) is 4. The molecule has 0 bridgehead atoms. The molecule has 0 aliphatic carbocycles. The molecule has 0 aromatic heterocycles. The Kier molecular flexibility index (Phi) is 5.18. The van der Waals surface area contributed by atoms with Gasteiger partial charge in [0.05, 0.1) is 31.6 Å². The molecule has 6 heteroatoms. The number of ether oxygens (including phenoxy) is 1. The van der Waals surface area contributed by atoms with E-state index in [1.807, 2.05) is 0 Å². The second-order valence-electron chi connectivity index (χ2n) is 4.24. The third kappa shape index (κ3) is 3.92. The molecule has 0 spiro atoms. The first-order chi connectivity index (χ1) is 9.20. The first kappa shape index (κ1) is 14.3. The second kappa shape index (κ2) is 6.88. The van der Waals surface area contributed by atoms with Gasteiger partial charge in [0.25, 0.3) is 0 Å². The smallest absolute Gasteiger partial charge is 0.233 e. The lowest BCUT2D eigenvalue weighted by Crippen LogP contribution is -2.51. The van der Waals surface area contributed by atoms with Gasteiger partial charge in [0.15, 0.2) is 0 Å². The number of hydrogen-bond donors (Lipinski definition) is 1. The van der Waals surface area contributed by atoms with Crippen LogP contribution in [0.4, 0.5) is 4.39 Å². The highest BCUT2D eigenvalue weighted by molar-refractivity contribution is 8.00. The Morgan fingerprint density at radius 1 is 1.47 bits per heavy atom. The molecule has 1 unspecified atom stereocenters. The topological polar surface area (TPSA) is 49.8 Å². The molecule has 1 fully saturated rings. The highest BCUT2D eigenvalue weighted by Gasteiger charge is 2.26. The maximum atomic E-state index is 12.7. The van der Waals surface area contributed by atoms with Crippen LogP contribution in [-0.2, 0) is 9.53 Å². The SMILES string of the molecule is O=C(CSc1ccc(F)cc1)N1CCOCC1CO. The predicted molar refractivity (Wildman–Crippen MR) is 70.5 cm³/mol. The molecular weight excluding hydrogens is 269 g/mol. The summed E-state index contributed by atoms with van der Waals surface area (Å²) >= 11 is 1.36. The molecular formula is C13H16FNO3S. The third-order valence-corrected chi connectivity index (χ3v) is 3.93. The summed E-state index contributed by atoms with van der Waals surface area (Å²) < 4.78 is 18.0. The van der Waals surface area contributed by atoms with E-state index in [-0.39, 0.29) is 30.1 Å². The maximum absolute atomic E-state index is 12.7. The molecule has 104 valence electrons. The average molecular weight is 285 g/mol. The summed E-state index contributed by atoms with van der Waals surface area (Å²) in [6.45, 7) is 1.30. The molecule has 1 atom stereocenters. The molecule has 1 aromatic rings. The van der Waals surface area contributed by atoms with Gasteiger partial charge in [-0.3, -0.25) is 4.79 Å². The molecule has 0 radical (unpaired) electrons. The molecule has 1 aliphatic heterocycles. The van der Waals surface area contributed by atoms with E-state index in [9.17, 15) is 14.3 Å². The summed E-state index contributed by atoms with van der Waals surface area (Å²) in [5, 5.41) is 9.20. The number of carbonyl (C=O) groups excluding carboxylic acids is 1. The van der Waals surface area contributed by atoms with Gasteiger partial charge >= 0.3 is 0 Å². The number of carbonyl (C=O) groups is 1. The monoisotopic (exact) mass is 285 g/mol. The van der Waals surface area contributed by atoms with Gasteiger partial charge in [-0.2, -0.15) is 0 Å². The number of halogens is 1. The van der Waals surface area contributed by atoms with Crippen LogP contribution in [0, 0.1) is 5.82 Å². The van der Waals surface area contributed by atoms with Gasteiger partial charge in [-0.05, 0) is 24.3 Å². The first-order valence-corrected chi connectivity index (χ1v) is 7.05. The number of aliphatic hydroxyl groups excluding tert-OH is 1. The minimum absolute atomic E-state index is 0.0309. The van der Waals surface area contributed by atoms with Crippen LogP contribution >= 0.6 is 11.8 Å². The molecule has 1 aromatic carbocycles. The van der Waals surface area contributed by atoms with Crippen molar-refractivity contribution in [1.29, 1.82) is 0 Å². The average Bonchev–Trinajstić information content (AvgIpc) is 2.46. The van der Waals surface area contributed by atoms with E-state index in [2.05, 4.69) is 0 Å². The maximum Gasteiger partial charge on any atom is 0.233 e. The lowest BCUT2D eigenvalue weighted by molar-refractivity contribution is -0.138. The Labute approximate surface area is 115 Å². The fourth-order valence-electron chi connectivity index (χ4n) is 1.89. The third-order valence-electron chi connectivity index (χ3n) is 2.93. The minimum atomic E-state index is -0.288. The molecule has 1 saturated heterocycles. The van der Waals surface area contributed by atoms with Crippen molar-refractivity contribution < 1.29 is 19.0 Å². The zero-order valence-corrected chi connectivity index (χ0v) is 11.2. The van der Waals surface area contributed by atoms with Crippen molar-refractivity contribution in [2.75, 3.05) is 32.1 Å². The van der Waals surface area contributed by atoms with Crippen LogP contribution < -0.4 is 0 Å². The van der Waals surface area contributed by atoms with Crippen molar-refractivity contribution in [2.24, 2.45) is 0 Å². The van der Waals surface area contributed by atoms with Gasteiger partial charge in [0.1, 0.15) is 5.82 Å². The number of benzene rings is 1. The van der Waals surface area contributed by atoms with E-state index in [1.54, 1.807) is 17.0 Å². The number of nitrogens with zero attached hydrogens (tertiary/aromatic N) is 1. The van der Waals surface area contributed by atoms with Crippen molar-refractivity contribution in [1.82, 2.24) is 4.90 Å². The summed E-state index contributed by atoms with van der Waals surface area (Å²) in [4.78, 5) is 14.6. The van der Waals surface area contributed by atoms with Crippen LogP contribution in [0.1, 0.15) is 0 Å². The Hall–Kier alpha value is -1.11. The zero-order chi connectivity index (χ0) is 13.7.